The molecule has 0 spiro atoms. The molecule has 0 aliphatic heterocycles. The zero-order valence-corrected chi connectivity index (χ0v) is 14.2. The molecule has 2 aromatic rings. The second kappa shape index (κ2) is 7.94. The maximum absolute atomic E-state index is 11.9. The van der Waals surface area contributed by atoms with Crippen molar-refractivity contribution in [3.8, 4) is 5.75 Å². The molecule has 0 unspecified atom stereocenters. The van der Waals surface area contributed by atoms with Crippen molar-refractivity contribution in [2.24, 2.45) is 5.14 Å². The van der Waals surface area contributed by atoms with Crippen LogP contribution in [0.4, 0.5) is 0 Å². The van der Waals surface area contributed by atoms with Crippen molar-refractivity contribution in [3.05, 3.63) is 59.7 Å². The van der Waals surface area contributed by atoms with Gasteiger partial charge in [0.05, 0.1) is 12.0 Å². The lowest BCUT2D eigenvalue weighted by atomic mass is 10.1. The number of ether oxygens (including phenoxy) is 1. The second-order valence-electron chi connectivity index (χ2n) is 5.31. The number of rotatable bonds is 7. The largest absolute Gasteiger partial charge is 0.497 e. The summed E-state index contributed by atoms with van der Waals surface area (Å²) in [5, 5.41) is 7.84. The van der Waals surface area contributed by atoms with Crippen LogP contribution in [0.2, 0.25) is 0 Å². The van der Waals surface area contributed by atoms with Crippen molar-refractivity contribution in [2.75, 3.05) is 7.11 Å². The molecule has 0 atom stereocenters. The Balaban J connectivity index is 1.80. The molecule has 1 amide bonds. The molecule has 0 saturated carbocycles. The first-order valence-corrected chi connectivity index (χ1v) is 8.94. The molecule has 2 rings (SSSR count). The van der Waals surface area contributed by atoms with Gasteiger partial charge in [0.2, 0.25) is 15.9 Å². The maximum Gasteiger partial charge on any atom is 0.238 e. The molecule has 0 bridgehead atoms. The van der Waals surface area contributed by atoms with Crippen molar-refractivity contribution >= 4 is 15.9 Å². The fourth-order valence-electron chi connectivity index (χ4n) is 2.14. The first-order valence-electron chi connectivity index (χ1n) is 7.40. The van der Waals surface area contributed by atoms with Gasteiger partial charge in [-0.05, 0) is 41.8 Å². The van der Waals surface area contributed by atoms with Crippen LogP contribution in [0.3, 0.4) is 0 Å². The van der Waals surface area contributed by atoms with Crippen LogP contribution in [0.25, 0.3) is 0 Å². The SMILES string of the molecule is COc1ccc(CCC(=O)NCc2ccc(S(N)(=O)=O)cc2)cc1. The first-order chi connectivity index (χ1) is 11.4. The van der Waals surface area contributed by atoms with Crippen molar-refractivity contribution in [1.82, 2.24) is 5.32 Å². The van der Waals surface area contributed by atoms with E-state index < -0.39 is 10.0 Å². The Kier molecular flexibility index (Phi) is 5.94. The number of hydrogen-bond donors (Lipinski definition) is 2. The Labute approximate surface area is 141 Å². The molecule has 2 aromatic carbocycles. The number of carbonyl (C=O) groups excluding carboxylic acids is 1. The van der Waals surface area contributed by atoms with E-state index in [9.17, 15) is 13.2 Å². The molecular formula is C17H20N2O4S. The molecule has 0 aliphatic rings. The lowest BCUT2D eigenvalue weighted by Crippen LogP contribution is -2.23. The van der Waals surface area contributed by atoms with Crippen LogP contribution in [-0.4, -0.2) is 21.4 Å². The average molecular weight is 348 g/mol. The Morgan fingerprint density at radius 2 is 1.62 bits per heavy atom. The van der Waals surface area contributed by atoms with E-state index in [-0.39, 0.29) is 10.8 Å². The van der Waals surface area contributed by atoms with Gasteiger partial charge in [-0.25, -0.2) is 13.6 Å². The van der Waals surface area contributed by atoms with Crippen LogP contribution in [0.15, 0.2) is 53.4 Å². The van der Waals surface area contributed by atoms with E-state index in [1.165, 1.54) is 12.1 Å². The zero-order valence-electron chi connectivity index (χ0n) is 13.4. The summed E-state index contributed by atoms with van der Waals surface area (Å²) in [5.74, 6) is 0.715. The van der Waals surface area contributed by atoms with E-state index in [2.05, 4.69) is 5.32 Å². The number of aryl methyl sites for hydroxylation is 1. The molecule has 128 valence electrons. The van der Waals surface area contributed by atoms with Crippen molar-refractivity contribution < 1.29 is 17.9 Å². The second-order valence-corrected chi connectivity index (χ2v) is 6.88. The van der Waals surface area contributed by atoms with Crippen LogP contribution >= 0.6 is 0 Å². The van der Waals surface area contributed by atoms with Crippen molar-refractivity contribution in [1.29, 1.82) is 0 Å². The molecule has 0 radical (unpaired) electrons. The summed E-state index contributed by atoms with van der Waals surface area (Å²) in [6.45, 7) is 0.340. The van der Waals surface area contributed by atoms with Gasteiger partial charge in [0.25, 0.3) is 0 Å². The van der Waals surface area contributed by atoms with E-state index >= 15 is 0 Å². The van der Waals surface area contributed by atoms with Gasteiger partial charge in [0, 0.05) is 13.0 Å². The number of methoxy groups -OCH3 is 1. The van der Waals surface area contributed by atoms with Gasteiger partial charge in [-0.3, -0.25) is 4.79 Å². The van der Waals surface area contributed by atoms with E-state index in [0.29, 0.717) is 19.4 Å². The summed E-state index contributed by atoms with van der Waals surface area (Å²) >= 11 is 0. The first kappa shape index (κ1) is 18.0. The lowest BCUT2D eigenvalue weighted by molar-refractivity contribution is -0.121. The highest BCUT2D eigenvalue weighted by atomic mass is 32.2. The number of carbonyl (C=O) groups is 1. The summed E-state index contributed by atoms with van der Waals surface area (Å²) < 4.78 is 27.4. The number of amides is 1. The zero-order chi connectivity index (χ0) is 17.6. The highest BCUT2D eigenvalue weighted by Crippen LogP contribution is 2.12. The highest BCUT2D eigenvalue weighted by Gasteiger charge is 2.07. The van der Waals surface area contributed by atoms with E-state index in [4.69, 9.17) is 9.88 Å². The molecule has 24 heavy (non-hydrogen) atoms. The number of nitrogens with one attached hydrogen (secondary N) is 1. The van der Waals surface area contributed by atoms with Crippen LogP contribution in [-0.2, 0) is 27.8 Å². The standard InChI is InChI=1S/C17H20N2O4S/c1-23-15-7-2-13(3-8-15)6-11-17(20)19-12-14-4-9-16(10-5-14)24(18,21)22/h2-5,7-10H,6,11-12H2,1H3,(H,19,20)(H2,18,21,22). The van der Waals surface area contributed by atoms with E-state index in [1.54, 1.807) is 19.2 Å². The quantitative estimate of drug-likeness (QED) is 0.794. The summed E-state index contributed by atoms with van der Waals surface area (Å²) in [4.78, 5) is 11.9. The molecule has 0 saturated heterocycles. The molecule has 7 heteroatoms. The summed E-state index contributed by atoms with van der Waals surface area (Å²) in [5.41, 5.74) is 1.86. The summed E-state index contributed by atoms with van der Waals surface area (Å²) in [7, 11) is -2.08. The van der Waals surface area contributed by atoms with Crippen LogP contribution in [0, 0.1) is 0 Å². The van der Waals surface area contributed by atoms with Crippen molar-refractivity contribution in [2.45, 2.75) is 24.3 Å². The van der Waals surface area contributed by atoms with Gasteiger partial charge in [-0.1, -0.05) is 24.3 Å². The van der Waals surface area contributed by atoms with Crippen LogP contribution in [0.5, 0.6) is 5.75 Å². The minimum Gasteiger partial charge on any atom is -0.497 e. The van der Waals surface area contributed by atoms with Crippen molar-refractivity contribution in [3.63, 3.8) is 0 Å². The number of benzene rings is 2. The predicted molar refractivity (Wildman–Crippen MR) is 91.0 cm³/mol. The number of primary sulfonamides is 1. The van der Waals surface area contributed by atoms with Gasteiger partial charge >= 0.3 is 0 Å². The van der Waals surface area contributed by atoms with Gasteiger partial charge in [0.1, 0.15) is 5.75 Å². The monoisotopic (exact) mass is 348 g/mol. The average Bonchev–Trinajstić information content (AvgIpc) is 2.58. The highest BCUT2D eigenvalue weighted by molar-refractivity contribution is 7.89. The fourth-order valence-corrected chi connectivity index (χ4v) is 2.65. The third kappa shape index (κ3) is 5.36. The molecule has 6 nitrogen and oxygen atoms in total. The topological polar surface area (TPSA) is 98.5 Å². The Hall–Kier alpha value is -2.38. The Morgan fingerprint density at radius 3 is 2.17 bits per heavy atom. The van der Waals surface area contributed by atoms with Crippen LogP contribution < -0.4 is 15.2 Å². The third-order valence-corrected chi connectivity index (χ3v) is 4.47. The van der Waals surface area contributed by atoms with Gasteiger partial charge in [-0.2, -0.15) is 0 Å². The third-order valence-electron chi connectivity index (χ3n) is 3.54. The number of nitrogens with two attached hydrogens (primary N) is 1. The lowest BCUT2D eigenvalue weighted by Gasteiger charge is -2.07. The van der Waals surface area contributed by atoms with Gasteiger partial charge < -0.3 is 10.1 Å². The molecule has 0 heterocycles. The molecular weight excluding hydrogens is 328 g/mol. The normalized spacial score (nSPS) is 11.1. The fraction of sp³-hybridized carbons (Fsp3) is 0.235. The number of sulfonamides is 1. The maximum atomic E-state index is 11.9. The molecule has 0 fully saturated rings. The Morgan fingerprint density at radius 1 is 1.04 bits per heavy atom. The van der Waals surface area contributed by atoms with E-state index in [1.807, 2.05) is 24.3 Å². The minimum atomic E-state index is -3.69. The van der Waals surface area contributed by atoms with E-state index in [0.717, 1.165) is 16.9 Å². The van der Waals surface area contributed by atoms with Gasteiger partial charge in [0.15, 0.2) is 0 Å². The summed E-state index contributed by atoms with van der Waals surface area (Å²) in [6.07, 6.45) is 1.02. The molecule has 0 aliphatic carbocycles. The Bertz CT molecular complexity index is 784. The van der Waals surface area contributed by atoms with Gasteiger partial charge in [-0.15, -0.1) is 0 Å². The van der Waals surface area contributed by atoms with Crippen LogP contribution in [0.1, 0.15) is 17.5 Å². The smallest absolute Gasteiger partial charge is 0.238 e. The number of hydrogen-bond acceptors (Lipinski definition) is 4. The minimum absolute atomic E-state index is 0.0529. The summed E-state index contributed by atoms with van der Waals surface area (Å²) in [6, 6.07) is 13.7. The molecule has 0 aromatic heterocycles. The predicted octanol–water partition coefficient (Wildman–Crippen LogP) is 1.59. The molecule has 3 N–H and O–H groups in total.